The normalized spacial score (nSPS) is 14.5. The van der Waals surface area contributed by atoms with E-state index in [0.29, 0.717) is 29.6 Å². The van der Waals surface area contributed by atoms with Gasteiger partial charge in [-0.3, -0.25) is 14.5 Å². The van der Waals surface area contributed by atoms with Gasteiger partial charge in [0, 0.05) is 4.47 Å². The number of carbonyl (C=O) groups excluding carboxylic acids is 2. The van der Waals surface area contributed by atoms with Crippen LogP contribution in [0.2, 0.25) is 0 Å². The number of nitrogens with zero attached hydrogens (tertiary/aromatic N) is 1. The zero-order valence-corrected chi connectivity index (χ0v) is 25.0. The summed E-state index contributed by atoms with van der Waals surface area (Å²) in [6.45, 7) is 2.99. The highest BCUT2D eigenvalue weighted by atomic mass is 127. The molecule has 0 spiro atoms. The summed E-state index contributed by atoms with van der Waals surface area (Å²) in [7, 11) is 0. The molecule has 2 amide bonds. The highest BCUT2D eigenvalue weighted by Gasteiger charge is 2.35. The maximum atomic E-state index is 13.1. The summed E-state index contributed by atoms with van der Waals surface area (Å²) < 4.78 is 13.9. The predicted molar refractivity (Wildman–Crippen MR) is 164 cm³/mol. The van der Waals surface area contributed by atoms with Crippen LogP contribution in [-0.2, 0) is 17.9 Å². The second-order valence-corrected chi connectivity index (χ2v) is 11.6. The summed E-state index contributed by atoms with van der Waals surface area (Å²) in [4.78, 5) is 27.4. The Morgan fingerprint density at radius 3 is 2.50 bits per heavy atom. The van der Waals surface area contributed by atoms with Gasteiger partial charge in [-0.2, -0.15) is 0 Å². The van der Waals surface area contributed by atoms with E-state index in [1.54, 1.807) is 6.08 Å². The lowest BCUT2D eigenvalue weighted by atomic mass is 10.1. The predicted octanol–water partition coefficient (Wildman–Crippen LogP) is 8.42. The van der Waals surface area contributed by atoms with Crippen molar-refractivity contribution in [2.45, 2.75) is 20.1 Å². The largest absolute Gasteiger partial charge is 0.490 e. The van der Waals surface area contributed by atoms with Crippen LogP contribution in [0.1, 0.15) is 23.6 Å². The molecule has 1 aliphatic heterocycles. The van der Waals surface area contributed by atoms with Gasteiger partial charge in [0.05, 0.1) is 21.6 Å². The molecule has 0 aromatic heterocycles. The van der Waals surface area contributed by atoms with E-state index in [9.17, 15) is 9.59 Å². The quantitative estimate of drug-likeness (QED) is 0.137. The number of fused-ring (bicyclic) bond motifs is 1. The van der Waals surface area contributed by atoms with Crippen molar-refractivity contribution < 1.29 is 19.1 Å². The third-order valence-corrected chi connectivity index (χ3v) is 8.52. The number of halogens is 2. The standard InChI is InChI=1S/C30H23BrINO4S/c1-2-36-26-15-19(16-27-29(34)33(30(35)38-27)17-21-9-4-6-13-24(21)31)14-25(32)28(26)37-18-22-11-7-10-20-8-3-5-12-23(20)22/h3-16H,2,17-18H2,1H3/b27-16-. The summed E-state index contributed by atoms with van der Waals surface area (Å²) in [6, 6.07) is 25.8. The maximum Gasteiger partial charge on any atom is 0.293 e. The van der Waals surface area contributed by atoms with Crippen molar-refractivity contribution in [3.63, 3.8) is 0 Å². The summed E-state index contributed by atoms with van der Waals surface area (Å²) in [5.74, 6) is 0.943. The van der Waals surface area contributed by atoms with Gasteiger partial charge in [0.25, 0.3) is 11.1 Å². The lowest BCUT2D eigenvalue weighted by molar-refractivity contribution is -0.123. The minimum atomic E-state index is -0.306. The molecule has 192 valence electrons. The van der Waals surface area contributed by atoms with Gasteiger partial charge in [-0.05, 0) is 93.0 Å². The summed E-state index contributed by atoms with van der Waals surface area (Å²) in [6.07, 6.45) is 1.74. The second kappa shape index (κ2) is 11.9. The van der Waals surface area contributed by atoms with Crippen LogP contribution in [-0.4, -0.2) is 22.7 Å². The Bertz CT molecular complexity index is 1570. The molecule has 0 bridgehead atoms. The fraction of sp³-hybridized carbons (Fsp3) is 0.133. The first-order valence-corrected chi connectivity index (χ1v) is 14.7. The molecule has 4 aromatic rings. The van der Waals surface area contributed by atoms with Gasteiger partial charge in [-0.15, -0.1) is 0 Å². The average Bonchev–Trinajstić information content (AvgIpc) is 3.17. The molecular weight excluding hydrogens is 677 g/mol. The third kappa shape index (κ3) is 5.77. The van der Waals surface area contributed by atoms with E-state index in [-0.39, 0.29) is 17.7 Å². The smallest absolute Gasteiger partial charge is 0.293 e. The molecular formula is C30H23BrINO4S. The second-order valence-electron chi connectivity index (χ2n) is 8.55. The van der Waals surface area contributed by atoms with Crippen LogP contribution in [0.15, 0.2) is 88.2 Å². The molecule has 0 atom stereocenters. The number of hydrogen-bond acceptors (Lipinski definition) is 5. The van der Waals surface area contributed by atoms with Crippen molar-refractivity contribution in [3.05, 3.63) is 109 Å². The molecule has 4 aromatic carbocycles. The highest BCUT2D eigenvalue weighted by molar-refractivity contribution is 14.1. The molecule has 0 saturated carbocycles. The lowest BCUT2D eigenvalue weighted by Gasteiger charge is -2.16. The SMILES string of the molecule is CCOc1cc(/C=C2\SC(=O)N(Cc3ccccc3Br)C2=O)cc(I)c1OCc1cccc2ccccc12. The number of amides is 2. The summed E-state index contributed by atoms with van der Waals surface area (Å²) >= 11 is 6.66. The molecule has 1 fully saturated rings. The molecule has 5 rings (SSSR count). The van der Waals surface area contributed by atoms with Gasteiger partial charge in [0.2, 0.25) is 0 Å². The Kier molecular flexibility index (Phi) is 8.40. The first-order valence-electron chi connectivity index (χ1n) is 12.0. The number of thioether (sulfide) groups is 1. The van der Waals surface area contributed by atoms with E-state index in [1.807, 2.05) is 61.5 Å². The minimum absolute atomic E-state index is 0.214. The van der Waals surface area contributed by atoms with Crippen LogP contribution in [0.5, 0.6) is 11.5 Å². The van der Waals surface area contributed by atoms with Crippen LogP contribution in [0.4, 0.5) is 4.79 Å². The molecule has 0 N–H and O–H groups in total. The van der Waals surface area contributed by atoms with Gasteiger partial charge in [-0.1, -0.05) is 76.6 Å². The zero-order valence-electron chi connectivity index (χ0n) is 20.4. The molecule has 38 heavy (non-hydrogen) atoms. The van der Waals surface area contributed by atoms with Crippen molar-refractivity contribution >= 4 is 78.3 Å². The number of benzene rings is 4. The van der Waals surface area contributed by atoms with Crippen LogP contribution >= 0.6 is 50.3 Å². The number of carbonyl (C=O) groups is 2. The lowest BCUT2D eigenvalue weighted by Crippen LogP contribution is -2.27. The monoisotopic (exact) mass is 699 g/mol. The molecule has 0 unspecified atom stereocenters. The van der Waals surface area contributed by atoms with E-state index in [2.05, 4.69) is 62.8 Å². The topological polar surface area (TPSA) is 55.8 Å². The van der Waals surface area contributed by atoms with Crippen LogP contribution in [0, 0.1) is 3.57 Å². The molecule has 1 saturated heterocycles. The molecule has 0 radical (unpaired) electrons. The molecule has 0 aliphatic carbocycles. The first-order chi connectivity index (χ1) is 18.4. The third-order valence-electron chi connectivity index (χ3n) is 6.04. The van der Waals surface area contributed by atoms with Crippen molar-refractivity contribution in [2.75, 3.05) is 6.61 Å². The maximum absolute atomic E-state index is 13.1. The first kappa shape index (κ1) is 26.8. The molecule has 8 heteroatoms. The number of ether oxygens (including phenoxy) is 2. The average molecular weight is 700 g/mol. The van der Waals surface area contributed by atoms with E-state index in [0.717, 1.165) is 47.3 Å². The Labute approximate surface area is 247 Å². The fourth-order valence-corrected chi connectivity index (χ4v) is 6.26. The Morgan fingerprint density at radius 2 is 1.68 bits per heavy atom. The minimum Gasteiger partial charge on any atom is -0.490 e. The number of hydrogen-bond donors (Lipinski definition) is 0. The Morgan fingerprint density at radius 1 is 0.947 bits per heavy atom. The molecule has 1 aliphatic rings. The summed E-state index contributed by atoms with van der Waals surface area (Å²) in [5.41, 5.74) is 2.72. The van der Waals surface area contributed by atoms with E-state index >= 15 is 0 Å². The van der Waals surface area contributed by atoms with E-state index in [4.69, 9.17) is 9.47 Å². The van der Waals surface area contributed by atoms with Gasteiger partial charge >= 0.3 is 0 Å². The van der Waals surface area contributed by atoms with Crippen molar-refractivity contribution in [2.24, 2.45) is 0 Å². The van der Waals surface area contributed by atoms with Gasteiger partial charge in [0.1, 0.15) is 6.61 Å². The van der Waals surface area contributed by atoms with Crippen molar-refractivity contribution in [1.29, 1.82) is 0 Å². The van der Waals surface area contributed by atoms with Gasteiger partial charge in [0.15, 0.2) is 11.5 Å². The van der Waals surface area contributed by atoms with Crippen LogP contribution < -0.4 is 9.47 Å². The Balaban J connectivity index is 1.39. The molecule has 5 nitrogen and oxygen atoms in total. The van der Waals surface area contributed by atoms with Crippen LogP contribution in [0.3, 0.4) is 0 Å². The van der Waals surface area contributed by atoms with Crippen molar-refractivity contribution in [1.82, 2.24) is 4.90 Å². The van der Waals surface area contributed by atoms with Crippen molar-refractivity contribution in [3.8, 4) is 11.5 Å². The highest BCUT2D eigenvalue weighted by Crippen LogP contribution is 2.38. The van der Waals surface area contributed by atoms with E-state index in [1.165, 1.54) is 4.90 Å². The number of rotatable bonds is 8. The van der Waals surface area contributed by atoms with Gasteiger partial charge in [-0.25, -0.2) is 0 Å². The van der Waals surface area contributed by atoms with Gasteiger partial charge < -0.3 is 9.47 Å². The fourth-order valence-electron chi connectivity index (χ4n) is 4.23. The zero-order chi connectivity index (χ0) is 26.6. The Hall–Kier alpha value is -2.82. The van der Waals surface area contributed by atoms with E-state index < -0.39 is 0 Å². The van der Waals surface area contributed by atoms with Crippen LogP contribution in [0.25, 0.3) is 16.8 Å². The molecule has 1 heterocycles. The number of imide groups is 1. The summed E-state index contributed by atoms with van der Waals surface area (Å²) in [5, 5.41) is 2.03.